The molecule has 145 heavy (non-hydrogen) atoms. The molecule has 0 bridgehead atoms. The molecule has 6 heterocycles. The van der Waals surface area contributed by atoms with Crippen molar-refractivity contribution in [3.05, 3.63) is 288 Å². The minimum atomic E-state index is -0.666. The van der Waals surface area contributed by atoms with Crippen LogP contribution in [0.3, 0.4) is 0 Å². The van der Waals surface area contributed by atoms with Crippen molar-refractivity contribution in [2.75, 3.05) is 35.5 Å². The standard InChI is InChI=1S/2C18H16O7.3C17H14O7.C16H12O7/c1-23-12-4-3-9(5-14(12)24-2)13-7-11(20)16-15(25-13)6-10(8-19)17(21)18(16)22;1-24-15-4-9(2-3-12(15)21)14-6-13(22)17-16(25-14)5-10(7-19)11(8-20)18(17)23;1-23-13-3-2-8(4-11(13)20)14-6-12(21)16-15(24-14)5-10(19)9(7-18)17(16)22;1-23-13-4-8(2-3-10(13)19)12-6-11(20)15-14(24-12)5-9(7-18)16(21)17(15)22;18-6-9-4-15-16(17(23)10(9)7-19)13(22)5-14(24-15)8-1-2-11(20)12(21)3-8;17-6-8-4-13-14(16(22)15(8)21)11(20)5-12(23-13)7-1-2-9(18)10(19)3-7/h3-7,19,21-22H,8H2,1-2H3;2-6,19-21,23H,7-8H2,1H3;2-6,18-20,22H,7H2,1H3;2-6,18-19,21-22H,7H2,1H3;1-5,18-21,23H,6-7H2;1-5,17-19,21-22H,6H2. The van der Waals surface area contributed by atoms with Crippen molar-refractivity contribution >= 4 is 65.8 Å². The fourth-order valence-electron chi connectivity index (χ4n) is 15.0. The van der Waals surface area contributed by atoms with Gasteiger partial charge in [0.25, 0.3) is 0 Å². The SMILES string of the molecule is COc1cc(-c2cc(=O)c3c(O)c(CO)c(CO)cc3o2)ccc1O.COc1cc(-c2cc(=O)c3c(O)c(O)c(CO)cc3o2)ccc1O.COc1ccc(-c2cc(=O)c3c(O)c(CO)c(O)cc3o2)cc1O.COc1ccc(-c2cc(=O)c3c(O)c(O)c(CO)cc3o2)cc1OC.O=c1cc(-c2ccc(O)c(O)c2)oc2cc(CO)c(CO)c(O)c12.O=c1cc(-c2ccc(O)c(O)c2)oc2cc(CO)c(O)c(O)c12. The van der Waals surface area contributed by atoms with Crippen LogP contribution in [0.4, 0.5) is 0 Å². The molecular formula is C103H86O42. The fraction of sp³-hybridized carbons (Fsp3) is 0.126. The number of rotatable bonds is 19. The van der Waals surface area contributed by atoms with Crippen molar-refractivity contribution in [1.29, 1.82) is 0 Å². The molecular weight excluding hydrogens is 1910 g/mol. The van der Waals surface area contributed by atoms with Crippen molar-refractivity contribution in [1.82, 2.24) is 0 Å². The highest BCUT2D eigenvalue weighted by atomic mass is 16.5. The normalized spacial score (nSPS) is 11.0. The zero-order chi connectivity index (χ0) is 105. The maximum absolute atomic E-state index is 12.4. The topological polar surface area (TPSA) is 733 Å². The number of aromatic hydroxyl groups is 17. The van der Waals surface area contributed by atoms with Crippen LogP contribution in [0.25, 0.3) is 134 Å². The van der Waals surface area contributed by atoms with Gasteiger partial charge in [0.15, 0.2) is 136 Å². The summed E-state index contributed by atoms with van der Waals surface area (Å²) in [4.78, 5) is 73.9. The van der Waals surface area contributed by atoms with E-state index in [2.05, 4.69) is 0 Å². The molecule has 0 unspecified atom stereocenters. The van der Waals surface area contributed by atoms with Gasteiger partial charge >= 0.3 is 0 Å². The van der Waals surface area contributed by atoms with Crippen molar-refractivity contribution < 1.29 is 178 Å². The molecule has 6 aromatic heterocycles. The Morgan fingerprint density at radius 3 is 0.676 bits per heavy atom. The van der Waals surface area contributed by atoms with Gasteiger partial charge in [0, 0.05) is 104 Å². The Balaban J connectivity index is 0.000000146. The number of ether oxygens (including phenoxy) is 5. The summed E-state index contributed by atoms with van der Waals surface area (Å²) in [6.07, 6.45) is 0. The van der Waals surface area contributed by atoms with Gasteiger partial charge < -0.3 is 178 Å². The van der Waals surface area contributed by atoms with Crippen LogP contribution in [0, 0.1) is 0 Å². The van der Waals surface area contributed by atoms with Crippen LogP contribution in [-0.4, -0.2) is 163 Å². The maximum Gasteiger partial charge on any atom is 0.197 e. The Hall–Kier alpha value is -18.8. The highest BCUT2D eigenvalue weighted by Crippen LogP contribution is 2.46. The zero-order valence-corrected chi connectivity index (χ0v) is 76.1. The van der Waals surface area contributed by atoms with E-state index >= 15 is 0 Å². The number of fused-ring (bicyclic) bond motifs is 6. The number of phenols is 17. The lowest BCUT2D eigenvalue weighted by Crippen LogP contribution is -2.05. The monoisotopic (exact) mass is 1990 g/mol. The first-order valence-electron chi connectivity index (χ1n) is 42.3. The summed E-state index contributed by atoms with van der Waals surface area (Å²) in [5.74, 6) is -4.32. The number of aliphatic hydroxyl groups excluding tert-OH is 8. The van der Waals surface area contributed by atoms with Gasteiger partial charge in [-0.15, -0.1) is 0 Å². The van der Waals surface area contributed by atoms with E-state index in [1.54, 1.807) is 30.3 Å². The molecule has 12 aromatic carbocycles. The predicted molar refractivity (Wildman–Crippen MR) is 516 cm³/mol. The van der Waals surface area contributed by atoms with Crippen molar-refractivity contribution in [2.45, 2.75) is 52.9 Å². The van der Waals surface area contributed by atoms with E-state index in [1.807, 2.05) is 0 Å². The van der Waals surface area contributed by atoms with Gasteiger partial charge in [-0.1, -0.05) is 0 Å². The highest BCUT2D eigenvalue weighted by molar-refractivity contribution is 5.94. The summed E-state index contributed by atoms with van der Waals surface area (Å²) in [6.45, 7) is -4.16. The quantitative estimate of drug-likeness (QED) is 0.0334. The van der Waals surface area contributed by atoms with Gasteiger partial charge in [0.2, 0.25) is 0 Å². The largest absolute Gasteiger partial charge is 0.507 e. The lowest BCUT2D eigenvalue weighted by Gasteiger charge is -2.11. The van der Waals surface area contributed by atoms with E-state index in [9.17, 15) is 151 Å². The van der Waals surface area contributed by atoms with Crippen LogP contribution >= 0.6 is 0 Å². The van der Waals surface area contributed by atoms with E-state index in [-0.39, 0.29) is 208 Å². The average molecular weight is 2000 g/mol. The van der Waals surface area contributed by atoms with Gasteiger partial charge in [-0.25, -0.2) is 0 Å². The lowest BCUT2D eigenvalue weighted by molar-refractivity contribution is 0.255. The van der Waals surface area contributed by atoms with E-state index < -0.39 is 137 Å². The first kappa shape index (κ1) is 104. The van der Waals surface area contributed by atoms with Crippen LogP contribution in [0.2, 0.25) is 0 Å². The molecule has 0 radical (unpaired) electrons. The summed E-state index contributed by atoms with van der Waals surface area (Å²) in [7, 11) is 7.21. The van der Waals surface area contributed by atoms with Gasteiger partial charge in [0.1, 0.15) is 123 Å². The fourth-order valence-corrected chi connectivity index (χ4v) is 15.0. The summed E-state index contributed by atoms with van der Waals surface area (Å²) in [5, 5.41) is 240. The Bertz CT molecular complexity index is 8480. The van der Waals surface area contributed by atoms with Gasteiger partial charge in [-0.05, 0) is 151 Å². The molecule has 42 heteroatoms. The van der Waals surface area contributed by atoms with Crippen LogP contribution < -0.4 is 56.3 Å². The van der Waals surface area contributed by atoms with Crippen LogP contribution in [0.15, 0.2) is 237 Å². The number of benzene rings is 12. The third-order valence-electron chi connectivity index (χ3n) is 22.5. The number of hydrogen-bond acceptors (Lipinski definition) is 42. The van der Waals surface area contributed by atoms with Crippen LogP contribution in [0.5, 0.6) is 126 Å². The van der Waals surface area contributed by atoms with Crippen molar-refractivity contribution in [3.8, 4) is 194 Å². The summed E-state index contributed by atoms with van der Waals surface area (Å²) in [5.41, 5.74) is 0.0269. The zero-order valence-electron chi connectivity index (χ0n) is 76.1. The van der Waals surface area contributed by atoms with Crippen molar-refractivity contribution in [2.24, 2.45) is 0 Å². The molecule has 750 valence electrons. The number of aliphatic hydroxyl groups is 8. The smallest absolute Gasteiger partial charge is 0.197 e. The second-order valence-corrected chi connectivity index (χ2v) is 31.1. The molecule has 0 aliphatic carbocycles. The van der Waals surface area contributed by atoms with Crippen molar-refractivity contribution in [3.63, 3.8) is 0 Å². The minimum Gasteiger partial charge on any atom is -0.507 e. The molecule has 0 amide bonds. The second-order valence-electron chi connectivity index (χ2n) is 31.1. The predicted octanol–water partition coefficient (Wildman–Crippen LogP) is 11.7. The Morgan fingerprint density at radius 1 is 0.186 bits per heavy atom. The highest BCUT2D eigenvalue weighted by Gasteiger charge is 2.27. The Kier molecular flexibility index (Phi) is 31.2. The molecule has 0 saturated carbocycles. The molecule has 25 N–H and O–H groups in total. The molecule has 18 aromatic rings. The number of phenolic OH excluding ortho intramolecular Hbond substituents is 10. The summed E-state index contributed by atoms with van der Waals surface area (Å²) in [6, 6.07) is 40.9. The molecule has 0 atom stereocenters. The number of hydrogen-bond donors (Lipinski definition) is 25. The molecule has 0 aliphatic rings. The summed E-state index contributed by atoms with van der Waals surface area (Å²) >= 11 is 0. The van der Waals surface area contributed by atoms with Crippen LogP contribution in [0.1, 0.15) is 44.5 Å². The van der Waals surface area contributed by atoms with Gasteiger partial charge in [-0.2, -0.15) is 0 Å². The van der Waals surface area contributed by atoms with E-state index in [0.717, 1.165) is 30.3 Å². The van der Waals surface area contributed by atoms with Crippen LogP contribution in [-0.2, 0) is 52.9 Å². The molecule has 18 rings (SSSR count). The third kappa shape index (κ3) is 20.9. The Morgan fingerprint density at radius 2 is 0.414 bits per heavy atom. The molecule has 0 saturated heterocycles. The van der Waals surface area contributed by atoms with E-state index in [1.165, 1.54) is 157 Å². The first-order valence-corrected chi connectivity index (χ1v) is 42.3. The Labute approximate surface area is 810 Å². The third-order valence-corrected chi connectivity index (χ3v) is 22.5. The molecule has 0 spiro atoms. The van der Waals surface area contributed by atoms with Gasteiger partial charge in [-0.3, -0.25) is 28.8 Å². The van der Waals surface area contributed by atoms with Gasteiger partial charge in [0.05, 0.1) is 94.0 Å². The molecule has 42 nitrogen and oxygen atoms in total. The summed E-state index contributed by atoms with van der Waals surface area (Å²) < 4.78 is 59.1. The molecule has 0 fully saturated rings. The average Bonchev–Trinajstić information content (AvgIpc) is 0.769. The maximum atomic E-state index is 12.4. The second kappa shape index (κ2) is 43.7. The lowest BCUT2D eigenvalue weighted by atomic mass is 10.0. The minimum absolute atomic E-state index is 0.00357. The van der Waals surface area contributed by atoms with E-state index in [0.29, 0.717) is 44.9 Å². The first-order chi connectivity index (χ1) is 69.3. The molecule has 0 aliphatic heterocycles. The van der Waals surface area contributed by atoms with E-state index in [4.69, 9.17) is 55.3 Å². The number of methoxy groups -OCH3 is 5.